The predicted octanol–water partition coefficient (Wildman–Crippen LogP) is 7.94. The first-order valence-corrected chi connectivity index (χ1v) is 13.3. The van der Waals surface area contributed by atoms with Crippen molar-refractivity contribution in [3.8, 4) is 11.8 Å². The lowest BCUT2D eigenvalue weighted by molar-refractivity contribution is -0.185. The number of aliphatic carboxylic acids is 1. The second-order valence-corrected chi connectivity index (χ2v) is 9.57. The van der Waals surface area contributed by atoms with Gasteiger partial charge in [0.05, 0.1) is 10.0 Å². The number of hydroxylamine groups is 2. The van der Waals surface area contributed by atoms with Crippen LogP contribution in [0.2, 0.25) is 10.0 Å². The molecular weight excluding hydrogens is 481 g/mol. The van der Waals surface area contributed by atoms with Gasteiger partial charge in [-0.1, -0.05) is 105 Å². The van der Waals surface area contributed by atoms with E-state index in [9.17, 15) is 4.79 Å². The van der Waals surface area contributed by atoms with Gasteiger partial charge in [0.25, 0.3) is 0 Å². The zero-order valence-electron chi connectivity index (χ0n) is 20.7. The summed E-state index contributed by atoms with van der Waals surface area (Å²) < 4.78 is 0. The molecule has 190 valence electrons. The van der Waals surface area contributed by atoms with E-state index in [4.69, 9.17) is 33.1 Å². The summed E-state index contributed by atoms with van der Waals surface area (Å²) in [4.78, 5) is 16.5. The van der Waals surface area contributed by atoms with Gasteiger partial charge in [0.15, 0.2) is 6.61 Å². The molecule has 0 radical (unpaired) electrons. The maximum absolute atomic E-state index is 11.0. The average Bonchev–Trinajstić information content (AvgIpc) is 2.85. The molecule has 35 heavy (non-hydrogen) atoms. The Hall–Kier alpha value is -2.03. The maximum atomic E-state index is 11.0. The van der Waals surface area contributed by atoms with E-state index in [0.717, 1.165) is 29.5 Å². The van der Waals surface area contributed by atoms with Gasteiger partial charge >= 0.3 is 5.97 Å². The molecule has 1 N–H and O–H groups in total. The Labute approximate surface area is 220 Å². The van der Waals surface area contributed by atoms with Gasteiger partial charge in [-0.25, -0.2) is 4.79 Å². The number of carboxylic acids is 1. The van der Waals surface area contributed by atoms with Crippen LogP contribution < -0.4 is 0 Å². The second kappa shape index (κ2) is 17.4. The van der Waals surface area contributed by atoms with Crippen LogP contribution in [0, 0.1) is 11.8 Å². The van der Waals surface area contributed by atoms with E-state index in [2.05, 4.69) is 18.8 Å². The van der Waals surface area contributed by atoms with Crippen LogP contribution in [-0.4, -0.2) is 29.3 Å². The molecule has 4 nitrogen and oxygen atoms in total. The van der Waals surface area contributed by atoms with Crippen molar-refractivity contribution in [3.05, 3.63) is 69.2 Å². The van der Waals surface area contributed by atoms with Crippen molar-refractivity contribution in [1.82, 2.24) is 5.06 Å². The number of hydrogen-bond donors (Lipinski definition) is 1. The Balaban J connectivity index is 1.79. The molecule has 0 aliphatic heterocycles. The van der Waals surface area contributed by atoms with E-state index in [1.807, 2.05) is 36.4 Å². The molecule has 2 rings (SSSR count). The van der Waals surface area contributed by atoms with E-state index in [1.54, 1.807) is 11.1 Å². The Bertz CT molecular complexity index is 951. The fourth-order valence-electron chi connectivity index (χ4n) is 3.69. The predicted molar refractivity (Wildman–Crippen MR) is 145 cm³/mol. The Morgan fingerprint density at radius 2 is 1.57 bits per heavy atom. The van der Waals surface area contributed by atoms with Gasteiger partial charge in [-0.15, -0.1) is 0 Å². The van der Waals surface area contributed by atoms with Crippen LogP contribution in [-0.2, 0) is 22.6 Å². The van der Waals surface area contributed by atoms with Crippen molar-refractivity contribution in [2.75, 3.05) is 13.2 Å². The third-order valence-electron chi connectivity index (χ3n) is 5.71. The minimum absolute atomic E-state index is 0.385. The molecule has 0 atom stereocenters. The molecular formula is C29H37Cl2NO3. The topological polar surface area (TPSA) is 49.8 Å². The summed E-state index contributed by atoms with van der Waals surface area (Å²) >= 11 is 12.1. The minimum Gasteiger partial charge on any atom is -0.479 e. The highest BCUT2D eigenvalue weighted by molar-refractivity contribution is 6.42. The molecule has 0 aliphatic rings. The fraction of sp³-hybridized carbons (Fsp3) is 0.483. The largest absolute Gasteiger partial charge is 0.479 e. The number of carbonyl (C=O) groups is 1. The number of carboxylic acid groups (broad SMARTS) is 1. The van der Waals surface area contributed by atoms with Gasteiger partial charge in [-0.2, -0.15) is 5.06 Å². The number of nitrogens with zero attached hydrogens (tertiary/aromatic N) is 1. The third-order valence-corrected chi connectivity index (χ3v) is 6.44. The normalized spacial score (nSPS) is 10.9. The fourth-order valence-corrected chi connectivity index (χ4v) is 4.01. The number of rotatable bonds is 16. The van der Waals surface area contributed by atoms with Gasteiger partial charge in [-0.05, 0) is 48.2 Å². The number of benzene rings is 2. The summed E-state index contributed by atoms with van der Waals surface area (Å²) in [5, 5.41) is 11.7. The summed E-state index contributed by atoms with van der Waals surface area (Å²) in [5.41, 5.74) is 3.02. The van der Waals surface area contributed by atoms with Crippen LogP contribution in [0.1, 0.15) is 81.4 Å². The van der Waals surface area contributed by atoms with Crippen molar-refractivity contribution in [1.29, 1.82) is 0 Å². The zero-order valence-corrected chi connectivity index (χ0v) is 22.2. The number of halogens is 2. The molecule has 2 aromatic carbocycles. The quantitative estimate of drug-likeness (QED) is 0.139. The van der Waals surface area contributed by atoms with Crippen LogP contribution in [0.15, 0.2) is 42.5 Å². The molecule has 0 aliphatic carbocycles. The summed E-state index contributed by atoms with van der Waals surface area (Å²) in [6.45, 7) is 2.86. The van der Waals surface area contributed by atoms with Crippen LogP contribution in [0.3, 0.4) is 0 Å². The molecule has 2 aromatic rings. The molecule has 0 saturated heterocycles. The molecule has 0 bridgehead atoms. The van der Waals surface area contributed by atoms with E-state index in [1.165, 1.54) is 44.9 Å². The van der Waals surface area contributed by atoms with Crippen molar-refractivity contribution >= 4 is 29.2 Å². The van der Waals surface area contributed by atoms with Crippen LogP contribution in [0.4, 0.5) is 0 Å². The van der Waals surface area contributed by atoms with Crippen molar-refractivity contribution in [2.24, 2.45) is 0 Å². The highest BCUT2D eigenvalue weighted by Crippen LogP contribution is 2.23. The van der Waals surface area contributed by atoms with E-state index < -0.39 is 5.97 Å². The van der Waals surface area contributed by atoms with Gasteiger partial charge < -0.3 is 5.11 Å². The second-order valence-electron chi connectivity index (χ2n) is 8.75. The van der Waals surface area contributed by atoms with Crippen molar-refractivity contribution in [2.45, 2.75) is 77.7 Å². The molecule has 0 heterocycles. The van der Waals surface area contributed by atoms with Gasteiger partial charge in [0.1, 0.15) is 0 Å². The minimum atomic E-state index is -1.01. The Morgan fingerprint density at radius 1 is 0.914 bits per heavy atom. The Morgan fingerprint density at radius 3 is 2.23 bits per heavy atom. The molecule has 0 spiro atoms. The summed E-state index contributed by atoms with van der Waals surface area (Å²) in [5.74, 6) is 5.52. The van der Waals surface area contributed by atoms with Gasteiger partial charge in [0, 0.05) is 25.1 Å². The molecule has 0 amide bonds. The lowest BCUT2D eigenvalue weighted by atomic mass is 10.1. The maximum Gasteiger partial charge on any atom is 0.331 e. The summed E-state index contributed by atoms with van der Waals surface area (Å²) in [6, 6.07) is 13.5. The van der Waals surface area contributed by atoms with Crippen LogP contribution >= 0.6 is 23.2 Å². The highest BCUT2D eigenvalue weighted by Gasteiger charge is 2.10. The molecule has 0 saturated carbocycles. The standard InChI is InChI=1S/C29H37Cl2NO3/c1-2-3-4-5-6-7-8-9-10-11-12-24-13-15-26(16-14-24)22-32(35-23-29(33)34)20-19-25-17-18-27(30)28(31)21-25/h13-18,21H,2-10,19-20,22-23H2,1H3,(H,33,34). The van der Waals surface area contributed by atoms with Crippen LogP contribution in [0.25, 0.3) is 0 Å². The van der Waals surface area contributed by atoms with Crippen molar-refractivity contribution in [3.63, 3.8) is 0 Å². The van der Waals surface area contributed by atoms with Crippen LogP contribution in [0.5, 0.6) is 0 Å². The molecule has 0 fully saturated rings. The summed E-state index contributed by atoms with van der Waals surface area (Å²) in [6.07, 6.45) is 12.0. The Kier molecular flexibility index (Phi) is 14.5. The van der Waals surface area contributed by atoms with Gasteiger partial charge in [0.2, 0.25) is 0 Å². The van der Waals surface area contributed by atoms with Crippen molar-refractivity contribution < 1.29 is 14.7 Å². The highest BCUT2D eigenvalue weighted by atomic mass is 35.5. The smallest absolute Gasteiger partial charge is 0.331 e. The lowest BCUT2D eigenvalue weighted by Crippen LogP contribution is -2.28. The molecule has 0 unspecified atom stereocenters. The summed E-state index contributed by atoms with van der Waals surface area (Å²) in [7, 11) is 0. The monoisotopic (exact) mass is 517 g/mol. The average molecular weight is 519 g/mol. The molecule has 0 aromatic heterocycles. The SMILES string of the molecule is CCCCCCCCCCC#Cc1ccc(CN(CCc2ccc(Cl)c(Cl)c2)OCC(=O)O)cc1. The first kappa shape index (κ1) is 29.2. The van der Waals surface area contributed by atoms with Gasteiger partial charge in [-0.3, -0.25) is 4.84 Å². The molecule has 6 heteroatoms. The third kappa shape index (κ3) is 13.0. The van der Waals surface area contributed by atoms with E-state index in [-0.39, 0.29) is 6.61 Å². The number of unbranched alkanes of at least 4 members (excludes halogenated alkanes) is 8. The first-order chi connectivity index (χ1) is 17.0. The van der Waals surface area contributed by atoms with E-state index in [0.29, 0.717) is 29.6 Å². The number of hydrogen-bond acceptors (Lipinski definition) is 3. The zero-order chi connectivity index (χ0) is 25.3. The first-order valence-electron chi connectivity index (χ1n) is 12.6. The lowest BCUT2D eigenvalue weighted by Gasteiger charge is -2.21. The van der Waals surface area contributed by atoms with E-state index >= 15 is 0 Å².